The zero-order valence-corrected chi connectivity index (χ0v) is 8.77. The third-order valence-electron chi connectivity index (χ3n) is 3.44. The zero-order valence-electron chi connectivity index (χ0n) is 8.77. The summed E-state index contributed by atoms with van der Waals surface area (Å²) in [6.45, 7) is 2.13. The van der Waals surface area contributed by atoms with Crippen LogP contribution in [0.15, 0.2) is 6.20 Å². The molecule has 14 heavy (non-hydrogen) atoms. The minimum Gasteiger partial charge on any atom is -0.383 e. The molecule has 1 saturated carbocycles. The molecule has 2 unspecified atom stereocenters. The lowest BCUT2D eigenvalue weighted by molar-refractivity contribution is -0.0113. The smallest absolute Gasteiger partial charge is 0.111 e. The van der Waals surface area contributed by atoms with Gasteiger partial charge in [0.2, 0.25) is 0 Å². The van der Waals surface area contributed by atoms with Crippen LogP contribution in [0.3, 0.4) is 0 Å². The van der Waals surface area contributed by atoms with E-state index >= 15 is 0 Å². The summed E-state index contributed by atoms with van der Waals surface area (Å²) in [5.74, 6) is 0.361. The lowest BCUT2D eigenvalue weighted by Gasteiger charge is -2.28. The topological polar surface area (TPSA) is 50.9 Å². The monoisotopic (exact) mass is 195 g/mol. The van der Waals surface area contributed by atoms with E-state index in [4.69, 9.17) is 0 Å². The summed E-state index contributed by atoms with van der Waals surface area (Å²) in [4.78, 5) is 0. The molecule has 2 atom stereocenters. The molecule has 1 N–H and O–H groups in total. The molecule has 0 bridgehead atoms. The Labute approximate surface area is 83.9 Å². The molecule has 1 heterocycles. The molecule has 0 saturated heterocycles. The fourth-order valence-corrected chi connectivity index (χ4v) is 2.62. The molecule has 1 aliphatic carbocycles. The molecule has 4 heteroatoms. The average molecular weight is 195 g/mol. The van der Waals surface area contributed by atoms with Gasteiger partial charge in [-0.25, -0.2) is 4.68 Å². The Morgan fingerprint density at radius 2 is 2.50 bits per heavy atom. The molecular formula is C10H17N3O. The molecule has 0 spiro atoms. The van der Waals surface area contributed by atoms with E-state index < -0.39 is 5.60 Å². The largest absolute Gasteiger partial charge is 0.383 e. The predicted octanol–water partition coefficient (Wildman–Crippen LogP) is 1.21. The summed E-state index contributed by atoms with van der Waals surface area (Å²) >= 11 is 0. The first-order valence-electron chi connectivity index (χ1n) is 5.26. The van der Waals surface area contributed by atoms with Crippen LogP contribution >= 0.6 is 0 Å². The quantitative estimate of drug-likeness (QED) is 0.771. The molecule has 0 aromatic carbocycles. The number of hydrogen-bond donors (Lipinski definition) is 1. The van der Waals surface area contributed by atoms with Gasteiger partial charge >= 0.3 is 0 Å². The average Bonchev–Trinajstić information content (AvgIpc) is 2.72. The standard InChI is InChI=1S/C10H17N3O/c1-3-8-5-4-6-10(8,14)9-7-11-12-13(9)2/h7-8,14H,3-6H2,1-2H3. The van der Waals surface area contributed by atoms with Gasteiger partial charge in [0.15, 0.2) is 0 Å². The highest BCUT2D eigenvalue weighted by Crippen LogP contribution is 2.44. The maximum absolute atomic E-state index is 10.6. The molecule has 1 fully saturated rings. The van der Waals surface area contributed by atoms with Gasteiger partial charge in [-0.2, -0.15) is 0 Å². The van der Waals surface area contributed by atoms with Crippen LogP contribution in [-0.4, -0.2) is 20.1 Å². The van der Waals surface area contributed by atoms with E-state index in [1.807, 2.05) is 7.05 Å². The van der Waals surface area contributed by atoms with Crippen molar-refractivity contribution in [2.24, 2.45) is 13.0 Å². The normalized spacial score (nSPS) is 32.4. The van der Waals surface area contributed by atoms with Crippen LogP contribution in [0.2, 0.25) is 0 Å². The lowest BCUT2D eigenvalue weighted by atomic mass is 9.86. The maximum Gasteiger partial charge on any atom is 0.111 e. The first-order valence-corrected chi connectivity index (χ1v) is 5.26. The predicted molar refractivity (Wildman–Crippen MR) is 52.5 cm³/mol. The van der Waals surface area contributed by atoms with Crippen LogP contribution in [0.5, 0.6) is 0 Å². The number of rotatable bonds is 2. The number of aliphatic hydroxyl groups is 1. The van der Waals surface area contributed by atoms with Crippen molar-refractivity contribution in [3.8, 4) is 0 Å². The van der Waals surface area contributed by atoms with Gasteiger partial charge in [-0.15, -0.1) is 5.10 Å². The second kappa shape index (κ2) is 3.35. The Kier molecular flexibility index (Phi) is 2.31. The van der Waals surface area contributed by atoms with Crippen LogP contribution < -0.4 is 0 Å². The van der Waals surface area contributed by atoms with Crippen LogP contribution in [0.25, 0.3) is 0 Å². The van der Waals surface area contributed by atoms with Crippen molar-refractivity contribution in [2.45, 2.75) is 38.2 Å². The summed E-state index contributed by atoms with van der Waals surface area (Å²) in [6.07, 6.45) is 5.75. The SMILES string of the molecule is CCC1CCCC1(O)c1cnnn1C. The zero-order chi connectivity index (χ0) is 10.2. The van der Waals surface area contributed by atoms with Gasteiger partial charge in [0.25, 0.3) is 0 Å². The minimum atomic E-state index is -0.687. The molecule has 0 radical (unpaired) electrons. The van der Waals surface area contributed by atoms with Gasteiger partial charge < -0.3 is 5.11 Å². The summed E-state index contributed by atoms with van der Waals surface area (Å²) in [5, 5.41) is 18.3. The number of nitrogens with zero attached hydrogens (tertiary/aromatic N) is 3. The van der Waals surface area contributed by atoms with E-state index in [1.54, 1.807) is 10.9 Å². The molecule has 1 aliphatic rings. The molecule has 1 aromatic heterocycles. The Bertz CT molecular complexity index is 323. The molecule has 0 amide bonds. The highest BCUT2D eigenvalue weighted by Gasteiger charge is 2.43. The van der Waals surface area contributed by atoms with Gasteiger partial charge in [0, 0.05) is 7.05 Å². The van der Waals surface area contributed by atoms with Gasteiger partial charge in [-0.3, -0.25) is 0 Å². The van der Waals surface area contributed by atoms with E-state index in [0.717, 1.165) is 31.4 Å². The number of hydrogen-bond acceptors (Lipinski definition) is 3. The summed E-state index contributed by atoms with van der Waals surface area (Å²) in [7, 11) is 1.84. The third kappa shape index (κ3) is 1.25. The molecule has 78 valence electrons. The number of aryl methyl sites for hydroxylation is 1. The van der Waals surface area contributed by atoms with Crippen molar-refractivity contribution >= 4 is 0 Å². The second-order valence-electron chi connectivity index (χ2n) is 4.16. The molecule has 2 rings (SSSR count). The molecule has 1 aromatic rings. The van der Waals surface area contributed by atoms with E-state index in [2.05, 4.69) is 17.2 Å². The maximum atomic E-state index is 10.6. The van der Waals surface area contributed by atoms with E-state index in [0.29, 0.717) is 5.92 Å². The second-order valence-corrected chi connectivity index (χ2v) is 4.16. The highest BCUT2D eigenvalue weighted by atomic mass is 16.3. The minimum absolute atomic E-state index is 0.361. The Morgan fingerprint density at radius 1 is 1.71 bits per heavy atom. The van der Waals surface area contributed by atoms with Crippen LogP contribution in [-0.2, 0) is 12.6 Å². The van der Waals surface area contributed by atoms with Crippen molar-refractivity contribution in [2.75, 3.05) is 0 Å². The van der Waals surface area contributed by atoms with Crippen molar-refractivity contribution in [1.82, 2.24) is 15.0 Å². The summed E-state index contributed by atoms with van der Waals surface area (Å²) < 4.78 is 1.69. The Balaban J connectivity index is 2.36. The van der Waals surface area contributed by atoms with Crippen molar-refractivity contribution in [3.63, 3.8) is 0 Å². The van der Waals surface area contributed by atoms with E-state index in [9.17, 15) is 5.11 Å². The van der Waals surface area contributed by atoms with Crippen LogP contribution in [0.1, 0.15) is 38.3 Å². The Morgan fingerprint density at radius 3 is 3.07 bits per heavy atom. The fraction of sp³-hybridized carbons (Fsp3) is 0.800. The van der Waals surface area contributed by atoms with Crippen LogP contribution in [0, 0.1) is 5.92 Å². The van der Waals surface area contributed by atoms with E-state index in [1.165, 1.54) is 0 Å². The molecule has 0 aliphatic heterocycles. The molecular weight excluding hydrogens is 178 g/mol. The van der Waals surface area contributed by atoms with E-state index in [-0.39, 0.29) is 0 Å². The summed E-state index contributed by atoms with van der Waals surface area (Å²) in [6, 6.07) is 0. The van der Waals surface area contributed by atoms with Crippen molar-refractivity contribution < 1.29 is 5.11 Å². The first kappa shape index (κ1) is 9.65. The summed E-state index contributed by atoms with van der Waals surface area (Å²) in [5.41, 5.74) is 0.175. The number of aromatic nitrogens is 3. The lowest BCUT2D eigenvalue weighted by Crippen LogP contribution is -2.32. The third-order valence-corrected chi connectivity index (χ3v) is 3.44. The molecule has 4 nitrogen and oxygen atoms in total. The van der Waals surface area contributed by atoms with Crippen molar-refractivity contribution in [3.05, 3.63) is 11.9 Å². The first-order chi connectivity index (χ1) is 6.68. The fourth-order valence-electron chi connectivity index (χ4n) is 2.62. The van der Waals surface area contributed by atoms with Gasteiger partial charge in [-0.1, -0.05) is 18.6 Å². The Hall–Kier alpha value is -0.900. The van der Waals surface area contributed by atoms with Crippen molar-refractivity contribution in [1.29, 1.82) is 0 Å². The highest BCUT2D eigenvalue weighted by molar-refractivity contribution is 5.12. The van der Waals surface area contributed by atoms with Gasteiger partial charge in [0.05, 0.1) is 11.9 Å². The van der Waals surface area contributed by atoms with Gasteiger partial charge in [0.1, 0.15) is 5.60 Å². The van der Waals surface area contributed by atoms with Gasteiger partial charge in [-0.05, 0) is 25.2 Å². The van der Waals surface area contributed by atoms with Crippen LogP contribution in [0.4, 0.5) is 0 Å².